The van der Waals surface area contributed by atoms with Crippen molar-refractivity contribution in [3.05, 3.63) is 40.6 Å². The summed E-state index contributed by atoms with van der Waals surface area (Å²) < 4.78 is 5.35. The molecule has 0 radical (unpaired) electrons. The van der Waals surface area contributed by atoms with Gasteiger partial charge in [-0.2, -0.15) is 5.26 Å². The van der Waals surface area contributed by atoms with Gasteiger partial charge in [0.2, 0.25) is 11.2 Å². The van der Waals surface area contributed by atoms with Crippen molar-refractivity contribution in [2.45, 2.75) is 6.92 Å². The van der Waals surface area contributed by atoms with E-state index in [0.717, 1.165) is 24.3 Å². The van der Waals surface area contributed by atoms with Crippen LogP contribution in [0.3, 0.4) is 0 Å². The number of nitrogens with zero attached hydrogens (tertiary/aromatic N) is 1. The Bertz CT molecular complexity index is 1050. The molecule has 8 heteroatoms. The molecule has 0 aliphatic rings. The highest BCUT2D eigenvalue weighted by Crippen LogP contribution is 2.37. The van der Waals surface area contributed by atoms with E-state index in [1.807, 2.05) is 0 Å². The van der Waals surface area contributed by atoms with Crippen LogP contribution in [0.1, 0.15) is 6.92 Å². The largest absolute Gasteiger partial charge is 0.508 e. The Morgan fingerprint density at radius 3 is 2.20 bits per heavy atom. The summed E-state index contributed by atoms with van der Waals surface area (Å²) in [6.45, 7) is 1.43. The molecule has 0 bridgehead atoms. The van der Waals surface area contributed by atoms with E-state index in [1.54, 1.807) is 6.07 Å². The second-order valence-corrected chi connectivity index (χ2v) is 4.87. The van der Waals surface area contributed by atoms with Gasteiger partial charge < -0.3 is 29.9 Å². The standard InChI is InChI=1S/C15H10O7.C2H3N/c16-7-4-10(19)12-11(5-7)22-15(14(21)13(12)20)6-1-2-8(17)9(18)3-6;1-2-3/h1-5,16-19,21H;1H3. The summed E-state index contributed by atoms with van der Waals surface area (Å²) in [6, 6.07) is 7.39. The second kappa shape index (κ2) is 6.72. The first-order valence-electron chi connectivity index (χ1n) is 6.85. The maximum absolute atomic E-state index is 12.1. The molecule has 0 aliphatic heterocycles. The lowest BCUT2D eigenvalue weighted by atomic mass is 10.1. The van der Waals surface area contributed by atoms with E-state index in [-0.39, 0.29) is 33.8 Å². The number of fused-ring (bicyclic) bond motifs is 1. The lowest BCUT2D eigenvalue weighted by molar-refractivity contribution is 0.403. The van der Waals surface area contributed by atoms with Crippen LogP contribution in [0.5, 0.6) is 28.7 Å². The van der Waals surface area contributed by atoms with Crippen LogP contribution in [-0.2, 0) is 0 Å². The van der Waals surface area contributed by atoms with Crippen molar-refractivity contribution in [2.24, 2.45) is 0 Å². The summed E-state index contributed by atoms with van der Waals surface area (Å²) in [6.07, 6.45) is 0. The zero-order chi connectivity index (χ0) is 18.7. The van der Waals surface area contributed by atoms with Gasteiger partial charge in [-0.15, -0.1) is 0 Å². The second-order valence-electron chi connectivity index (χ2n) is 4.87. The van der Waals surface area contributed by atoms with Gasteiger partial charge in [0, 0.05) is 24.6 Å². The monoisotopic (exact) mass is 343 g/mol. The molecule has 1 heterocycles. The molecule has 0 atom stereocenters. The number of aromatic hydroxyl groups is 5. The van der Waals surface area contributed by atoms with E-state index in [0.29, 0.717) is 0 Å². The molecule has 0 amide bonds. The number of rotatable bonds is 1. The molecule has 8 nitrogen and oxygen atoms in total. The maximum Gasteiger partial charge on any atom is 0.238 e. The number of benzene rings is 2. The molecular weight excluding hydrogens is 330 g/mol. The van der Waals surface area contributed by atoms with Crippen molar-refractivity contribution in [3.8, 4) is 46.1 Å². The Morgan fingerprint density at radius 2 is 1.60 bits per heavy atom. The Morgan fingerprint density at radius 1 is 0.960 bits per heavy atom. The zero-order valence-electron chi connectivity index (χ0n) is 12.9. The summed E-state index contributed by atoms with van der Waals surface area (Å²) >= 11 is 0. The predicted octanol–water partition coefficient (Wildman–Crippen LogP) is 2.52. The van der Waals surface area contributed by atoms with Gasteiger partial charge in [0.05, 0.1) is 6.07 Å². The third-order valence-corrected chi connectivity index (χ3v) is 3.17. The van der Waals surface area contributed by atoms with Crippen molar-refractivity contribution < 1.29 is 29.9 Å². The fourth-order valence-electron chi connectivity index (χ4n) is 2.14. The smallest absolute Gasteiger partial charge is 0.238 e. The number of hydrogen-bond donors (Lipinski definition) is 5. The van der Waals surface area contributed by atoms with E-state index in [9.17, 15) is 30.3 Å². The summed E-state index contributed by atoms with van der Waals surface area (Å²) in [5.41, 5.74) is -0.890. The van der Waals surface area contributed by atoms with E-state index < -0.39 is 22.7 Å². The van der Waals surface area contributed by atoms with Gasteiger partial charge in [-0.1, -0.05) is 0 Å². The Kier molecular flexibility index (Phi) is 4.70. The fraction of sp³-hybridized carbons (Fsp3) is 0.0588. The molecule has 0 unspecified atom stereocenters. The fourth-order valence-corrected chi connectivity index (χ4v) is 2.14. The minimum absolute atomic E-state index is 0.134. The highest BCUT2D eigenvalue weighted by atomic mass is 16.4. The molecule has 0 saturated heterocycles. The average molecular weight is 343 g/mol. The summed E-state index contributed by atoms with van der Waals surface area (Å²) in [4.78, 5) is 12.1. The van der Waals surface area contributed by atoms with Crippen LogP contribution in [0.15, 0.2) is 39.5 Å². The van der Waals surface area contributed by atoms with E-state index in [2.05, 4.69) is 0 Å². The zero-order valence-corrected chi connectivity index (χ0v) is 12.9. The van der Waals surface area contributed by atoms with Crippen molar-refractivity contribution in [2.75, 3.05) is 0 Å². The molecule has 1 aromatic heterocycles. The highest BCUT2D eigenvalue weighted by molar-refractivity contribution is 5.88. The SMILES string of the molecule is CC#N.O=c1c(O)c(-c2ccc(O)c(O)c2)oc2cc(O)cc(O)c12. The summed E-state index contributed by atoms with van der Waals surface area (Å²) in [5.74, 6) is -2.71. The molecular formula is C17H13NO7. The third kappa shape index (κ3) is 3.25. The molecule has 128 valence electrons. The van der Waals surface area contributed by atoms with Gasteiger partial charge in [0.25, 0.3) is 0 Å². The third-order valence-electron chi connectivity index (χ3n) is 3.17. The first-order chi connectivity index (χ1) is 11.8. The molecule has 3 rings (SSSR count). The number of hydrogen-bond acceptors (Lipinski definition) is 8. The van der Waals surface area contributed by atoms with E-state index in [1.165, 1.54) is 13.0 Å². The molecule has 25 heavy (non-hydrogen) atoms. The molecule has 0 fully saturated rings. The normalized spacial score (nSPS) is 9.92. The van der Waals surface area contributed by atoms with Crippen LogP contribution in [0.25, 0.3) is 22.3 Å². The van der Waals surface area contributed by atoms with Gasteiger partial charge >= 0.3 is 0 Å². The minimum Gasteiger partial charge on any atom is -0.508 e. The molecule has 2 aromatic carbocycles. The first kappa shape index (κ1) is 17.5. The number of nitriles is 1. The summed E-state index contributed by atoms with van der Waals surface area (Å²) in [5, 5.41) is 55.0. The van der Waals surface area contributed by atoms with Gasteiger partial charge in [0.1, 0.15) is 22.5 Å². The Balaban J connectivity index is 0.000000701. The molecule has 0 saturated carbocycles. The quantitative estimate of drug-likeness (QED) is 0.422. The van der Waals surface area contributed by atoms with Gasteiger partial charge in [0.15, 0.2) is 17.3 Å². The van der Waals surface area contributed by atoms with E-state index >= 15 is 0 Å². The first-order valence-corrected chi connectivity index (χ1v) is 6.85. The topological polar surface area (TPSA) is 155 Å². The molecule has 5 N–H and O–H groups in total. The van der Waals surface area contributed by atoms with Crippen LogP contribution in [-0.4, -0.2) is 25.5 Å². The molecule has 0 spiro atoms. The van der Waals surface area contributed by atoms with Crippen LogP contribution in [0, 0.1) is 11.3 Å². The number of phenolic OH excluding ortho intramolecular Hbond substituents is 4. The number of phenols is 4. The van der Waals surface area contributed by atoms with Crippen molar-refractivity contribution in [1.29, 1.82) is 5.26 Å². The van der Waals surface area contributed by atoms with Crippen molar-refractivity contribution in [1.82, 2.24) is 0 Å². The molecule has 0 aliphatic carbocycles. The minimum atomic E-state index is -0.888. The van der Waals surface area contributed by atoms with Crippen LogP contribution < -0.4 is 5.43 Å². The van der Waals surface area contributed by atoms with Crippen LogP contribution in [0.2, 0.25) is 0 Å². The average Bonchev–Trinajstić information content (AvgIpc) is 2.53. The predicted molar refractivity (Wildman–Crippen MR) is 87.5 cm³/mol. The summed E-state index contributed by atoms with van der Waals surface area (Å²) in [7, 11) is 0. The van der Waals surface area contributed by atoms with Gasteiger partial charge in [-0.25, -0.2) is 0 Å². The lowest BCUT2D eigenvalue weighted by Gasteiger charge is -2.08. The molecule has 3 aromatic rings. The maximum atomic E-state index is 12.1. The van der Waals surface area contributed by atoms with Crippen LogP contribution in [0.4, 0.5) is 0 Å². The highest BCUT2D eigenvalue weighted by Gasteiger charge is 2.19. The Labute approximate surface area is 140 Å². The van der Waals surface area contributed by atoms with Crippen LogP contribution >= 0.6 is 0 Å². The van der Waals surface area contributed by atoms with Crippen molar-refractivity contribution >= 4 is 11.0 Å². The lowest BCUT2D eigenvalue weighted by Crippen LogP contribution is -2.02. The van der Waals surface area contributed by atoms with Gasteiger partial charge in [-0.05, 0) is 18.2 Å². The van der Waals surface area contributed by atoms with Crippen molar-refractivity contribution in [3.63, 3.8) is 0 Å². The van der Waals surface area contributed by atoms with Gasteiger partial charge in [-0.3, -0.25) is 4.79 Å². The van der Waals surface area contributed by atoms with E-state index in [4.69, 9.17) is 9.68 Å². The Hall–Kier alpha value is -3.86.